The molecule has 0 atom stereocenters. The van der Waals surface area contributed by atoms with Gasteiger partial charge in [-0.3, -0.25) is 0 Å². The molecule has 0 radical (unpaired) electrons. The van der Waals surface area contributed by atoms with E-state index >= 15 is 0 Å². The average molecular weight is 274 g/mol. The first-order chi connectivity index (χ1) is 6.66. The van der Waals surface area contributed by atoms with Gasteiger partial charge in [0.05, 0.1) is 5.02 Å². The zero-order valence-electron chi connectivity index (χ0n) is 7.00. The van der Waals surface area contributed by atoms with E-state index < -0.39 is 0 Å². The average Bonchev–Trinajstić information content (AvgIpc) is 2.51. The van der Waals surface area contributed by atoms with Gasteiger partial charge in [0.15, 0.2) is 11.6 Å². The number of halogens is 2. The fraction of sp³-hybridized carbons (Fsp3) is 0. The van der Waals surface area contributed by atoms with Crippen LogP contribution >= 0.6 is 27.5 Å². The Balaban J connectivity index is 2.52. The lowest BCUT2D eigenvalue weighted by molar-refractivity contribution is 0.436. The molecule has 1 heterocycles. The number of nitrogen functional groups attached to an aromatic ring is 1. The zero-order valence-corrected chi connectivity index (χ0v) is 9.34. The topological polar surface area (TPSA) is 52.0 Å². The third-order valence-electron chi connectivity index (χ3n) is 1.72. The van der Waals surface area contributed by atoms with Gasteiger partial charge in [-0.1, -0.05) is 32.7 Å². The molecule has 2 N–H and O–H groups in total. The molecule has 0 saturated carbocycles. The Kier molecular flexibility index (Phi) is 2.48. The summed E-state index contributed by atoms with van der Waals surface area (Å²) in [7, 11) is 0. The van der Waals surface area contributed by atoms with Crippen molar-refractivity contribution >= 4 is 33.3 Å². The molecule has 1 aromatic carbocycles. The fourth-order valence-electron chi connectivity index (χ4n) is 1.11. The first-order valence-corrected chi connectivity index (χ1v) is 5.01. The van der Waals surface area contributed by atoms with E-state index in [0.29, 0.717) is 16.6 Å². The maximum atomic E-state index is 6.01. The highest BCUT2D eigenvalue weighted by molar-refractivity contribution is 9.10. The van der Waals surface area contributed by atoms with Gasteiger partial charge in [0.1, 0.15) is 0 Å². The summed E-state index contributed by atoms with van der Waals surface area (Å²) in [5.41, 5.74) is 6.22. The Morgan fingerprint density at radius 3 is 2.71 bits per heavy atom. The lowest BCUT2D eigenvalue weighted by Gasteiger charge is -1.99. The van der Waals surface area contributed by atoms with E-state index in [2.05, 4.69) is 21.1 Å². The van der Waals surface area contributed by atoms with Crippen LogP contribution in [0.3, 0.4) is 0 Å². The quantitative estimate of drug-likeness (QED) is 0.867. The third kappa shape index (κ3) is 1.76. The molecule has 0 saturated heterocycles. The van der Waals surface area contributed by atoms with Crippen LogP contribution in [-0.4, -0.2) is 5.16 Å². The van der Waals surface area contributed by atoms with Crippen LogP contribution in [0.5, 0.6) is 0 Å². The van der Waals surface area contributed by atoms with E-state index in [1.807, 2.05) is 12.1 Å². The van der Waals surface area contributed by atoms with E-state index in [1.165, 1.54) is 0 Å². The number of nitrogens with two attached hydrogens (primary N) is 1. The SMILES string of the molecule is Nc1cc(-c2ccc(Br)cc2Cl)on1. The van der Waals surface area contributed by atoms with Gasteiger partial charge in [-0.15, -0.1) is 0 Å². The standard InChI is InChI=1S/C9H6BrClN2O/c10-5-1-2-6(7(11)3-5)8-4-9(12)13-14-8/h1-4H,(H2,12,13). The summed E-state index contributed by atoms with van der Waals surface area (Å²) in [5.74, 6) is 0.916. The highest BCUT2D eigenvalue weighted by Crippen LogP contribution is 2.30. The predicted octanol–water partition coefficient (Wildman–Crippen LogP) is 3.34. The minimum Gasteiger partial charge on any atom is -0.381 e. The second kappa shape index (κ2) is 3.63. The van der Waals surface area contributed by atoms with Gasteiger partial charge in [-0.2, -0.15) is 0 Å². The van der Waals surface area contributed by atoms with Crippen molar-refractivity contribution in [3.8, 4) is 11.3 Å². The van der Waals surface area contributed by atoms with Crippen LogP contribution in [0.2, 0.25) is 5.02 Å². The maximum Gasteiger partial charge on any atom is 0.170 e. The second-order valence-electron chi connectivity index (χ2n) is 2.74. The molecule has 0 spiro atoms. The molecular formula is C9H6BrClN2O. The van der Waals surface area contributed by atoms with Crippen LogP contribution in [0.1, 0.15) is 0 Å². The first kappa shape index (κ1) is 9.55. The molecule has 14 heavy (non-hydrogen) atoms. The van der Waals surface area contributed by atoms with Crippen molar-refractivity contribution < 1.29 is 4.52 Å². The Morgan fingerprint density at radius 2 is 2.14 bits per heavy atom. The molecule has 0 amide bonds. The monoisotopic (exact) mass is 272 g/mol. The Labute approximate surface area is 94.0 Å². The van der Waals surface area contributed by atoms with E-state index in [9.17, 15) is 0 Å². The number of nitrogens with zero attached hydrogens (tertiary/aromatic N) is 1. The Morgan fingerprint density at radius 1 is 1.36 bits per heavy atom. The van der Waals surface area contributed by atoms with E-state index in [4.69, 9.17) is 21.9 Å². The van der Waals surface area contributed by atoms with Crippen molar-refractivity contribution in [1.29, 1.82) is 0 Å². The van der Waals surface area contributed by atoms with E-state index in [-0.39, 0.29) is 0 Å². The molecule has 72 valence electrons. The molecule has 0 unspecified atom stereocenters. The summed E-state index contributed by atoms with van der Waals surface area (Å²) < 4.78 is 5.91. The molecule has 0 fully saturated rings. The van der Waals surface area contributed by atoms with E-state index in [1.54, 1.807) is 12.1 Å². The Bertz CT molecular complexity index is 470. The van der Waals surface area contributed by atoms with Gasteiger partial charge >= 0.3 is 0 Å². The summed E-state index contributed by atoms with van der Waals surface area (Å²) in [5, 5.41) is 4.18. The van der Waals surface area contributed by atoms with Crippen LogP contribution in [0.4, 0.5) is 5.82 Å². The highest BCUT2D eigenvalue weighted by Gasteiger charge is 2.08. The number of anilines is 1. The van der Waals surface area contributed by atoms with Crippen LogP contribution < -0.4 is 5.73 Å². The Hall–Kier alpha value is -1.00. The summed E-state index contributed by atoms with van der Waals surface area (Å²) >= 11 is 9.33. The van der Waals surface area contributed by atoms with Crippen LogP contribution in [0.25, 0.3) is 11.3 Å². The lowest BCUT2D eigenvalue weighted by atomic mass is 10.2. The normalized spacial score (nSPS) is 10.4. The van der Waals surface area contributed by atoms with Crippen molar-refractivity contribution in [3.63, 3.8) is 0 Å². The van der Waals surface area contributed by atoms with Gasteiger partial charge < -0.3 is 10.3 Å². The molecular weight excluding hydrogens is 267 g/mol. The molecule has 0 aliphatic rings. The van der Waals surface area contributed by atoms with Crippen molar-refractivity contribution in [2.45, 2.75) is 0 Å². The van der Waals surface area contributed by atoms with Gasteiger partial charge in [-0.25, -0.2) is 0 Å². The number of rotatable bonds is 1. The predicted molar refractivity (Wildman–Crippen MR) is 59.1 cm³/mol. The number of hydrogen-bond acceptors (Lipinski definition) is 3. The molecule has 0 aliphatic heterocycles. The molecule has 2 aromatic rings. The smallest absolute Gasteiger partial charge is 0.170 e. The van der Waals surface area contributed by atoms with Crippen molar-refractivity contribution in [3.05, 3.63) is 33.8 Å². The van der Waals surface area contributed by atoms with Crippen LogP contribution in [0, 0.1) is 0 Å². The first-order valence-electron chi connectivity index (χ1n) is 3.84. The number of aromatic nitrogens is 1. The summed E-state index contributed by atoms with van der Waals surface area (Å²) in [6.07, 6.45) is 0. The third-order valence-corrected chi connectivity index (χ3v) is 2.53. The lowest BCUT2D eigenvalue weighted by Crippen LogP contribution is -1.80. The van der Waals surface area contributed by atoms with Gasteiger partial charge in [0.2, 0.25) is 0 Å². The van der Waals surface area contributed by atoms with Crippen LogP contribution in [-0.2, 0) is 0 Å². The second-order valence-corrected chi connectivity index (χ2v) is 4.06. The van der Waals surface area contributed by atoms with Gasteiger partial charge in [0, 0.05) is 16.1 Å². The minimum absolute atomic E-state index is 0.346. The maximum absolute atomic E-state index is 6.01. The molecule has 1 aromatic heterocycles. The molecule has 2 rings (SSSR count). The van der Waals surface area contributed by atoms with Crippen molar-refractivity contribution in [2.24, 2.45) is 0 Å². The largest absolute Gasteiger partial charge is 0.381 e. The van der Waals surface area contributed by atoms with Crippen molar-refractivity contribution in [2.75, 3.05) is 5.73 Å². The van der Waals surface area contributed by atoms with E-state index in [0.717, 1.165) is 10.0 Å². The molecule has 0 bridgehead atoms. The number of benzene rings is 1. The van der Waals surface area contributed by atoms with Crippen LogP contribution in [0.15, 0.2) is 33.3 Å². The van der Waals surface area contributed by atoms with Gasteiger partial charge in [-0.05, 0) is 18.2 Å². The molecule has 3 nitrogen and oxygen atoms in total. The zero-order chi connectivity index (χ0) is 10.1. The number of hydrogen-bond donors (Lipinski definition) is 1. The summed E-state index contributed by atoms with van der Waals surface area (Å²) in [6.45, 7) is 0. The molecule has 5 heteroatoms. The summed E-state index contributed by atoms with van der Waals surface area (Å²) in [6, 6.07) is 7.14. The van der Waals surface area contributed by atoms with Gasteiger partial charge in [0.25, 0.3) is 0 Å². The molecule has 0 aliphatic carbocycles. The fourth-order valence-corrected chi connectivity index (χ4v) is 1.87. The minimum atomic E-state index is 0.346. The highest BCUT2D eigenvalue weighted by atomic mass is 79.9. The van der Waals surface area contributed by atoms with Crippen molar-refractivity contribution in [1.82, 2.24) is 5.16 Å². The summed E-state index contributed by atoms with van der Waals surface area (Å²) in [4.78, 5) is 0.